The van der Waals surface area contributed by atoms with Crippen molar-refractivity contribution in [2.24, 2.45) is 0 Å². The number of carboxylic acids is 1. The van der Waals surface area contributed by atoms with Gasteiger partial charge >= 0.3 is 5.97 Å². The fourth-order valence-corrected chi connectivity index (χ4v) is 1.19. The zero-order valence-electron chi connectivity index (χ0n) is 6.88. The minimum Gasteiger partial charge on any atom is -0.480 e. The van der Waals surface area contributed by atoms with Gasteiger partial charge in [0.1, 0.15) is 0 Å². The molecule has 0 saturated heterocycles. The highest BCUT2D eigenvalue weighted by Gasteiger charge is 2.24. The van der Waals surface area contributed by atoms with Crippen LogP contribution in [0.25, 0.3) is 0 Å². The van der Waals surface area contributed by atoms with Crippen LogP contribution < -0.4 is 0 Å². The number of aliphatic carboxylic acids is 1. The smallest absolute Gasteiger partial charge is 0.326 e. The van der Waals surface area contributed by atoms with E-state index in [2.05, 4.69) is 0 Å². The second kappa shape index (κ2) is 4.06. The molecule has 1 N–H and O–H groups in total. The molecule has 0 aliphatic heterocycles. The molecule has 0 radical (unpaired) electrons. The third-order valence-corrected chi connectivity index (χ3v) is 2.05. The molecular formula is C8H6ClNO4. The maximum atomic E-state index is 10.5. The largest absolute Gasteiger partial charge is 0.480 e. The van der Waals surface area contributed by atoms with Crippen LogP contribution >= 0.6 is 11.6 Å². The number of nitro groups is 1. The summed E-state index contributed by atoms with van der Waals surface area (Å²) in [5, 5.41) is 17.7. The molecule has 0 amide bonds. The minimum absolute atomic E-state index is 0.00772. The molecule has 0 bridgehead atoms. The third kappa shape index (κ3) is 2.00. The molecule has 1 atom stereocenters. The Bertz CT molecular complexity index is 379. The number of carbonyl (C=O) groups is 1. The molecule has 0 spiro atoms. The molecule has 0 fully saturated rings. The molecule has 5 nitrogen and oxygen atoms in total. The van der Waals surface area contributed by atoms with E-state index in [4.69, 9.17) is 16.7 Å². The summed E-state index contributed by atoms with van der Waals surface area (Å²) < 4.78 is 0. The van der Waals surface area contributed by atoms with Crippen LogP contribution in [0.15, 0.2) is 24.3 Å². The van der Waals surface area contributed by atoms with Crippen LogP contribution in [-0.4, -0.2) is 16.0 Å². The normalized spacial score (nSPS) is 12.1. The van der Waals surface area contributed by atoms with Crippen LogP contribution in [0.3, 0.4) is 0 Å². The lowest BCUT2D eigenvalue weighted by Gasteiger charge is -2.04. The number of benzene rings is 1. The van der Waals surface area contributed by atoms with E-state index in [0.717, 1.165) is 0 Å². The van der Waals surface area contributed by atoms with Crippen LogP contribution in [0.5, 0.6) is 0 Å². The van der Waals surface area contributed by atoms with Gasteiger partial charge in [-0.15, -0.1) is 11.6 Å². The van der Waals surface area contributed by atoms with Crippen molar-refractivity contribution in [1.29, 1.82) is 0 Å². The van der Waals surface area contributed by atoms with Gasteiger partial charge in [0.2, 0.25) is 0 Å². The van der Waals surface area contributed by atoms with Crippen molar-refractivity contribution in [2.45, 2.75) is 5.38 Å². The van der Waals surface area contributed by atoms with E-state index in [-0.39, 0.29) is 11.3 Å². The lowest BCUT2D eigenvalue weighted by Crippen LogP contribution is -2.07. The number of rotatable bonds is 3. The van der Waals surface area contributed by atoms with E-state index in [1.165, 1.54) is 24.3 Å². The Hall–Kier alpha value is -1.62. The second-order valence-corrected chi connectivity index (χ2v) is 2.95. The van der Waals surface area contributed by atoms with Gasteiger partial charge in [0.05, 0.1) is 10.5 Å². The number of para-hydroxylation sites is 1. The molecule has 0 aromatic heterocycles. The quantitative estimate of drug-likeness (QED) is 0.475. The summed E-state index contributed by atoms with van der Waals surface area (Å²) in [6.45, 7) is 0. The zero-order chi connectivity index (χ0) is 10.7. The minimum atomic E-state index is -1.39. The van der Waals surface area contributed by atoms with E-state index in [9.17, 15) is 14.9 Å². The molecule has 0 heterocycles. The average Bonchev–Trinajstić information content (AvgIpc) is 2.16. The predicted molar refractivity (Wildman–Crippen MR) is 49.3 cm³/mol. The van der Waals surface area contributed by atoms with Gasteiger partial charge in [-0.25, -0.2) is 0 Å². The van der Waals surface area contributed by atoms with Crippen molar-refractivity contribution in [3.63, 3.8) is 0 Å². The van der Waals surface area contributed by atoms with E-state index in [1.807, 2.05) is 0 Å². The van der Waals surface area contributed by atoms with Crippen LogP contribution in [-0.2, 0) is 4.79 Å². The third-order valence-electron chi connectivity index (χ3n) is 1.62. The first-order valence-corrected chi connectivity index (χ1v) is 4.08. The highest BCUT2D eigenvalue weighted by molar-refractivity contribution is 6.30. The summed E-state index contributed by atoms with van der Waals surface area (Å²) in [5.74, 6) is -1.30. The van der Waals surface area contributed by atoms with Crippen molar-refractivity contribution in [3.05, 3.63) is 39.9 Å². The Kier molecular flexibility index (Phi) is 3.03. The van der Waals surface area contributed by atoms with Gasteiger partial charge in [-0.05, 0) is 0 Å². The van der Waals surface area contributed by atoms with Crippen molar-refractivity contribution in [1.82, 2.24) is 0 Å². The van der Waals surface area contributed by atoms with Gasteiger partial charge in [0.25, 0.3) is 5.69 Å². The lowest BCUT2D eigenvalue weighted by atomic mass is 10.1. The molecule has 1 unspecified atom stereocenters. The summed E-state index contributed by atoms with van der Waals surface area (Å²) in [6, 6.07) is 5.49. The molecule has 0 aliphatic rings. The first-order chi connectivity index (χ1) is 6.54. The fourth-order valence-electron chi connectivity index (χ4n) is 1.00. The maximum Gasteiger partial charge on any atom is 0.326 e. The molecule has 1 aromatic carbocycles. The molecule has 1 rings (SSSR count). The summed E-state index contributed by atoms with van der Waals surface area (Å²) in [6.07, 6.45) is 0. The Labute approximate surface area is 84.1 Å². The number of hydrogen-bond donors (Lipinski definition) is 1. The number of nitrogens with zero attached hydrogens (tertiary/aromatic N) is 1. The topological polar surface area (TPSA) is 80.4 Å². The maximum absolute atomic E-state index is 10.5. The number of halogens is 1. The SMILES string of the molecule is O=C(O)C(Cl)c1ccccc1[N+](=O)[O-]. The molecule has 14 heavy (non-hydrogen) atoms. The Morgan fingerprint density at radius 3 is 2.57 bits per heavy atom. The first-order valence-electron chi connectivity index (χ1n) is 3.64. The van der Waals surface area contributed by atoms with Crippen LogP contribution in [0.4, 0.5) is 5.69 Å². The number of hydrogen-bond acceptors (Lipinski definition) is 3. The van der Waals surface area contributed by atoms with E-state index >= 15 is 0 Å². The zero-order valence-corrected chi connectivity index (χ0v) is 7.64. The van der Waals surface area contributed by atoms with Crippen molar-refractivity contribution >= 4 is 23.3 Å². The number of carboxylic acid groups (broad SMARTS) is 1. The Morgan fingerprint density at radius 1 is 1.50 bits per heavy atom. The van der Waals surface area contributed by atoms with Gasteiger partial charge < -0.3 is 5.11 Å². The van der Waals surface area contributed by atoms with Gasteiger partial charge in [-0.1, -0.05) is 18.2 Å². The standard InChI is InChI=1S/C8H6ClNO4/c9-7(8(11)12)5-3-1-2-4-6(5)10(13)14/h1-4,7H,(H,11,12). The molecule has 74 valence electrons. The van der Waals surface area contributed by atoms with E-state index < -0.39 is 16.3 Å². The lowest BCUT2D eigenvalue weighted by molar-refractivity contribution is -0.385. The highest BCUT2D eigenvalue weighted by atomic mass is 35.5. The molecule has 6 heteroatoms. The predicted octanol–water partition coefficient (Wildman–Crippen LogP) is 1.96. The molecule has 1 aromatic rings. The van der Waals surface area contributed by atoms with E-state index in [0.29, 0.717) is 0 Å². The number of alkyl halides is 1. The van der Waals surface area contributed by atoms with Crippen molar-refractivity contribution in [3.8, 4) is 0 Å². The van der Waals surface area contributed by atoms with Gasteiger partial charge in [0.15, 0.2) is 5.38 Å². The van der Waals surface area contributed by atoms with Crippen molar-refractivity contribution < 1.29 is 14.8 Å². The van der Waals surface area contributed by atoms with Crippen LogP contribution in [0.2, 0.25) is 0 Å². The highest BCUT2D eigenvalue weighted by Crippen LogP contribution is 2.29. The van der Waals surface area contributed by atoms with Gasteiger partial charge in [-0.3, -0.25) is 14.9 Å². The molecular weight excluding hydrogens is 210 g/mol. The summed E-state index contributed by atoms with van der Waals surface area (Å²) in [7, 11) is 0. The van der Waals surface area contributed by atoms with Crippen LogP contribution in [0, 0.1) is 10.1 Å². The fraction of sp³-hybridized carbons (Fsp3) is 0.125. The van der Waals surface area contributed by atoms with Gasteiger partial charge in [-0.2, -0.15) is 0 Å². The van der Waals surface area contributed by atoms with Gasteiger partial charge in [0, 0.05) is 6.07 Å². The van der Waals surface area contributed by atoms with Crippen LogP contribution in [0.1, 0.15) is 10.9 Å². The summed E-state index contributed by atoms with van der Waals surface area (Å²) >= 11 is 5.49. The summed E-state index contributed by atoms with van der Waals surface area (Å²) in [4.78, 5) is 20.4. The summed E-state index contributed by atoms with van der Waals surface area (Å²) in [5.41, 5.74) is -0.290. The first kappa shape index (κ1) is 10.5. The van der Waals surface area contributed by atoms with E-state index in [1.54, 1.807) is 0 Å². The number of nitro benzene ring substituents is 1. The molecule has 0 aliphatic carbocycles. The molecule has 0 saturated carbocycles. The monoisotopic (exact) mass is 215 g/mol. The second-order valence-electron chi connectivity index (χ2n) is 2.52. The van der Waals surface area contributed by atoms with Crippen molar-refractivity contribution in [2.75, 3.05) is 0 Å². The Balaban J connectivity index is 3.19. The average molecular weight is 216 g/mol. The Morgan fingerprint density at radius 2 is 2.07 bits per heavy atom.